The van der Waals surface area contributed by atoms with Crippen LogP contribution < -0.4 is 16.2 Å². The molecule has 230 valence electrons. The highest BCUT2D eigenvalue weighted by Gasteiger charge is 2.25. The number of ether oxygens (including phenoxy) is 3. The molecular weight excluding hydrogens is 550 g/mol. The van der Waals surface area contributed by atoms with Gasteiger partial charge in [0.2, 0.25) is 5.91 Å². The van der Waals surface area contributed by atoms with E-state index in [-0.39, 0.29) is 12.0 Å². The van der Waals surface area contributed by atoms with Gasteiger partial charge in [-0.25, -0.2) is 9.59 Å². The van der Waals surface area contributed by atoms with Gasteiger partial charge in [-0.3, -0.25) is 14.2 Å². The summed E-state index contributed by atoms with van der Waals surface area (Å²) >= 11 is 0. The van der Waals surface area contributed by atoms with Gasteiger partial charge in [-0.05, 0) is 102 Å². The molecular formula is C33H41N3O7. The molecule has 10 heteroatoms. The summed E-state index contributed by atoms with van der Waals surface area (Å²) in [5.41, 5.74) is 1.41. The number of rotatable bonds is 10. The van der Waals surface area contributed by atoms with Gasteiger partial charge in [-0.2, -0.15) is 0 Å². The zero-order chi connectivity index (χ0) is 31.8. The fourth-order valence-electron chi connectivity index (χ4n) is 3.99. The molecule has 43 heavy (non-hydrogen) atoms. The number of anilines is 1. The molecule has 3 rings (SSSR count). The number of nitrogens with one attached hydrogen (secondary N) is 2. The van der Waals surface area contributed by atoms with Gasteiger partial charge < -0.3 is 24.8 Å². The number of benzene rings is 2. The minimum atomic E-state index is -0.980. The molecule has 10 nitrogen and oxygen atoms in total. The quantitative estimate of drug-likeness (QED) is 0.302. The van der Waals surface area contributed by atoms with Gasteiger partial charge in [-0.15, -0.1) is 0 Å². The van der Waals surface area contributed by atoms with Crippen molar-refractivity contribution in [3.63, 3.8) is 0 Å². The molecule has 0 saturated carbocycles. The first-order valence-corrected chi connectivity index (χ1v) is 14.2. The van der Waals surface area contributed by atoms with Crippen molar-refractivity contribution in [2.45, 2.75) is 78.7 Å². The van der Waals surface area contributed by atoms with E-state index >= 15 is 0 Å². The topological polar surface area (TPSA) is 125 Å². The number of pyridine rings is 1. The number of amides is 2. The molecule has 0 aliphatic rings. The number of hydrogen-bond acceptors (Lipinski definition) is 7. The second kappa shape index (κ2) is 14.2. The highest BCUT2D eigenvalue weighted by atomic mass is 16.6. The van der Waals surface area contributed by atoms with E-state index in [1.807, 2.05) is 13.0 Å². The maximum absolute atomic E-state index is 13.3. The molecule has 1 atom stereocenters. The highest BCUT2D eigenvalue weighted by Crippen LogP contribution is 2.17. The van der Waals surface area contributed by atoms with Gasteiger partial charge in [0.25, 0.3) is 5.56 Å². The Balaban J connectivity index is 1.76. The van der Waals surface area contributed by atoms with E-state index in [0.717, 1.165) is 11.1 Å². The van der Waals surface area contributed by atoms with E-state index in [2.05, 4.69) is 10.6 Å². The smallest absolute Gasteiger partial charge is 0.408 e. The van der Waals surface area contributed by atoms with Gasteiger partial charge in [0.05, 0.1) is 12.2 Å². The predicted octanol–water partition coefficient (Wildman–Crippen LogP) is 5.40. The van der Waals surface area contributed by atoms with Gasteiger partial charge >= 0.3 is 12.1 Å². The summed E-state index contributed by atoms with van der Waals surface area (Å²) < 4.78 is 17.7. The Morgan fingerprint density at radius 3 is 2.02 bits per heavy atom. The molecule has 1 heterocycles. The molecule has 0 spiro atoms. The molecule has 3 aromatic rings. The second-order valence-electron chi connectivity index (χ2n) is 12.0. The number of nitrogens with zero attached hydrogens (tertiary/aromatic N) is 1. The number of hydrogen-bond donors (Lipinski definition) is 2. The molecule has 0 aliphatic carbocycles. The third-order valence-corrected chi connectivity index (χ3v) is 5.91. The third kappa shape index (κ3) is 10.7. The van der Waals surface area contributed by atoms with E-state index in [9.17, 15) is 19.2 Å². The lowest BCUT2D eigenvalue weighted by molar-refractivity contribution is -0.118. The number of esters is 1. The lowest BCUT2D eigenvalue weighted by Crippen LogP contribution is -2.47. The van der Waals surface area contributed by atoms with Crippen molar-refractivity contribution in [3.05, 3.63) is 93.9 Å². The Kier molecular flexibility index (Phi) is 10.9. The van der Waals surface area contributed by atoms with Crippen LogP contribution in [0.4, 0.5) is 10.5 Å². The zero-order valence-corrected chi connectivity index (χ0v) is 25.9. The van der Waals surface area contributed by atoms with Crippen LogP contribution in [-0.4, -0.2) is 46.4 Å². The average molecular weight is 592 g/mol. The van der Waals surface area contributed by atoms with Crippen LogP contribution in [0.3, 0.4) is 0 Å². The molecule has 0 saturated heterocycles. The van der Waals surface area contributed by atoms with Crippen LogP contribution in [0, 0.1) is 0 Å². The Labute approximate surface area is 252 Å². The molecule has 1 aromatic heterocycles. The molecule has 0 aliphatic heterocycles. The van der Waals surface area contributed by atoms with E-state index < -0.39 is 35.2 Å². The van der Waals surface area contributed by atoms with E-state index in [0.29, 0.717) is 30.2 Å². The molecule has 2 aromatic carbocycles. The molecule has 1 unspecified atom stereocenters. The molecule has 2 amide bonds. The van der Waals surface area contributed by atoms with Crippen molar-refractivity contribution in [1.29, 1.82) is 0 Å². The Hall–Kier alpha value is -4.44. The minimum absolute atomic E-state index is 0.156. The van der Waals surface area contributed by atoms with E-state index in [1.165, 1.54) is 10.6 Å². The van der Waals surface area contributed by atoms with Gasteiger partial charge in [-0.1, -0.05) is 12.1 Å². The van der Waals surface area contributed by atoms with Crippen LogP contribution in [0.1, 0.15) is 70.0 Å². The zero-order valence-electron chi connectivity index (χ0n) is 25.9. The fourth-order valence-corrected chi connectivity index (χ4v) is 3.99. The van der Waals surface area contributed by atoms with Crippen molar-refractivity contribution in [2.75, 3.05) is 11.9 Å². The van der Waals surface area contributed by atoms with Crippen molar-refractivity contribution < 1.29 is 28.6 Å². The average Bonchev–Trinajstić information content (AvgIpc) is 2.90. The lowest BCUT2D eigenvalue weighted by atomic mass is 10.0. The van der Waals surface area contributed by atoms with Crippen LogP contribution in [0.5, 0.6) is 0 Å². The molecule has 2 N–H and O–H groups in total. The normalized spacial score (nSPS) is 12.3. The summed E-state index contributed by atoms with van der Waals surface area (Å²) in [4.78, 5) is 50.9. The lowest BCUT2D eigenvalue weighted by Gasteiger charge is -2.23. The number of alkyl carbamates (subject to hydrolysis) is 1. The summed E-state index contributed by atoms with van der Waals surface area (Å²) in [5, 5.41) is 5.45. The van der Waals surface area contributed by atoms with Crippen LogP contribution in [0.15, 0.2) is 71.7 Å². The van der Waals surface area contributed by atoms with Gasteiger partial charge in [0.1, 0.15) is 17.2 Å². The van der Waals surface area contributed by atoms with E-state index in [1.54, 1.807) is 96.3 Å². The van der Waals surface area contributed by atoms with Crippen LogP contribution in [-0.2, 0) is 32.0 Å². The SMILES string of the molecule is CCOCc1ccn(-c2ccc(CC(NC(=O)OC(C)(C)C)C(=O)Nc3ccc(C(=O)OC(C)(C)C)cc3)cc2)c(=O)c1. The Morgan fingerprint density at radius 2 is 1.47 bits per heavy atom. The maximum Gasteiger partial charge on any atom is 0.408 e. The highest BCUT2D eigenvalue weighted by molar-refractivity contribution is 5.97. The first-order chi connectivity index (χ1) is 20.1. The monoisotopic (exact) mass is 591 g/mol. The van der Waals surface area contributed by atoms with Gasteiger partial charge in [0.15, 0.2) is 0 Å². The number of carbonyl (C=O) groups is 3. The Bertz CT molecular complexity index is 1460. The maximum atomic E-state index is 13.3. The fraction of sp³-hybridized carbons (Fsp3) is 0.394. The molecule has 0 bridgehead atoms. The van der Waals surface area contributed by atoms with Crippen LogP contribution in [0.25, 0.3) is 5.69 Å². The predicted molar refractivity (Wildman–Crippen MR) is 164 cm³/mol. The summed E-state index contributed by atoms with van der Waals surface area (Å²) in [7, 11) is 0. The van der Waals surface area contributed by atoms with Crippen molar-refractivity contribution in [2.24, 2.45) is 0 Å². The van der Waals surface area contributed by atoms with Gasteiger partial charge in [0, 0.05) is 36.7 Å². The van der Waals surface area contributed by atoms with Crippen molar-refractivity contribution in [3.8, 4) is 5.69 Å². The molecule has 0 fully saturated rings. The Morgan fingerprint density at radius 1 is 0.837 bits per heavy atom. The standard InChI is InChI=1S/C33H41N3O7/c1-8-41-21-23-17-18-36(28(37)20-23)26-15-9-22(10-16-26)19-27(35-31(40)43-33(5,6)7)29(38)34-25-13-11-24(12-14-25)30(39)42-32(2,3)4/h9-18,20,27H,8,19,21H2,1-7H3,(H,34,38)(H,35,40). The second-order valence-corrected chi connectivity index (χ2v) is 12.0. The van der Waals surface area contributed by atoms with Crippen molar-refractivity contribution in [1.82, 2.24) is 9.88 Å². The summed E-state index contributed by atoms with van der Waals surface area (Å²) in [6, 6.07) is 15.8. The largest absolute Gasteiger partial charge is 0.456 e. The number of aromatic nitrogens is 1. The van der Waals surface area contributed by atoms with Crippen molar-refractivity contribution >= 4 is 23.7 Å². The summed E-state index contributed by atoms with van der Waals surface area (Å²) in [6.07, 6.45) is 1.12. The van der Waals surface area contributed by atoms with Crippen LogP contribution >= 0.6 is 0 Å². The molecule has 0 radical (unpaired) electrons. The number of carbonyl (C=O) groups excluding carboxylic acids is 3. The summed E-state index contributed by atoms with van der Waals surface area (Å²) in [6.45, 7) is 13.4. The minimum Gasteiger partial charge on any atom is -0.456 e. The third-order valence-electron chi connectivity index (χ3n) is 5.91. The summed E-state index contributed by atoms with van der Waals surface area (Å²) in [5.74, 6) is -0.942. The first kappa shape index (κ1) is 33.1. The first-order valence-electron chi connectivity index (χ1n) is 14.2. The van der Waals surface area contributed by atoms with Crippen LogP contribution in [0.2, 0.25) is 0 Å². The van der Waals surface area contributed by atoms with E-state index in [4.69, 9.17) is 14.2 Å².